The van der Waals surface area contributed by atoms with Crippen molar-refractivity contribution in [3.05, 3.63) is 0 Å². The smallest absolute Gasteiger partial charge is 0.0752 e. The van der Waals surface area contributed by atoms with E-state index in [2.05, 4.69) is 6.92 Å². The van der Waals surface area contributed by atoms with Crippen molar-refractivity contribution in [2.45, 2.75) is 44.0 Å². The number of aliphatic hydroxyl groups is 1. The molecule has 0 aromatic rings. The highest BCUT2D eigenvalue weighted by molar-refractivity contribution is 7.99. The first-order chi connectivity index (χ1) is 6.22. The zero-order valence-electron chi connectivity index (χ0n) is 8.41. The van der Waals surface area contributed by atoms with Gasteiger partial charge in [-0.2, -0.15) is 11.8 Å². The highest BCUT2D eigenvalue weighted by Gasteiger charge is 2.19. The molecule has 0 aromatic heterocycles. The minimum Gasteiger partial charge on any atom is -0.391 e. The lowest BCUT2D eigenvalue weighted by molar-refractivity contribution is 0.207. The summed E-state index contributed by atoms with van der Waals surface area (Å²) in [6, 6.07) is 0. The fraction of sp³-hybridized carbons (Fsp3) is 1.00. The van der Waals surface area contributed by atoms with E-state index in [9.17, 15) is 5.11 Å². The topological polar surface area (TPSA) is 46.2 Å². The number of hydrogen-bond donors (Lipinski definition) is 2. The van der Waals surface area contributed by atoms with E-state index in [1.165, 1.54) is 25.7 Å². The fourth-order valence-corrected chi connectivity index (χ4v) is 3.27. The zero-order chi connectivity index (χ0) is 9.68. The first-order valence-corrected chi connectivity index (χ1v) is 6.27. The summed E-state index contributed by atoms with van der Waals surface area (Å²) in [7, 11) is 0. The van der Waals surface area contributed by atoms with E-state index in [1.54, 1.807) is 0 Å². The largest absolute Gasteiger partial charge is 0.391 e. The molecule has 3 heteroatoms. The highest BCUT2D eigenvalue weighted by atomic mass is 32.2. The molecular formula is C10H21NOS. The molecule has 0 heterocycles. The van der Waals surface area contributed by atoms with Gasteiger partial charge in [0, 0.05) is 17.5 Å². The van der Waals surface area contributed by atoms with Gasteiger partial charge in [-0.25, -0.2) is 0 Å². The molecule has 0 aromatic carbocycles. The lowest BCUT2D eigenvalue weighted by Gasteiger charge is -2.26. The normalized spacial score (nSPS) is 31.6. The molecule has 1 fully saturated rings. The van der Waals surface area contributed by atoms with E-state index in [1.807, 2.05) is 11.8 Å². The van der Waals surface area contributed by atoms with Crippen LogP contribution in [-0.4, -0.2) is 28.8 Å². The Labute approximate surface area is 85.3 Å². The summed E-state index contributed by atoms with van der Waals surface area (Å²) in [5.41, 5.74) is 5.35. The molecule has 0 saturated heterocycles. The lowest BCUT2D eigenvalue weighted by Crippen LogP contribution is -2.24. The van der Waals surface area contributed by atoms with Crippen molar-refractivity contribution in [3.8, 4) is 0 Å². The summed E-state index contributed by atoms with van der Waals surface area (Å²) >= 11 is 1.90. The van der Waals surface area contributed by atoms with Crippen LogP contribution in [0.25, 0.3) is 0 Å². The maximum atomic E-state index is 9.31. The summed E-state index contributed by atoms with van der Waals surface area (Å²) in [5.74, 6) is 1.69. The third kappa shape index (κ3) is 4.34. The van der Waals surface area contributed by atoms with Gasteiger partial charge in [0.2, 0.25) is 0 Å². The quantitative estimate of drug-likeness (QED) is 0.730. The van der Waals surface area contributed by atoms with Crippen molar-refractivity contribution >= 4 is 11.8 Å². The Kier molecular flexibility index (Phi) is 5.14. The van der Waals surface area contributed by atoms with Crippen LogP contribution in [0.3, 0.4) is 0 Å². The SMILES string of the molecule is CC1CCCC(SCC(O)CN)C1. The Hall–Kier alpha value is 0.270. The van der Waals surface area contributed by atoms with Gasteiger partial charge in [-0.05, 0) is 18.8 Å². The van der Waals surface area contributed by atoms with Crippen LogP contribution in [0.1, 0.15) is 32.6 Å². The van der Waals surface area contributed by atoms with Gasteiger partial charge in [0.1, 0.15) is 0 Å². The molecule has 78 valence electrons. The molecule has 0 amide bonds. The summed E-state index contributed by atoms with van der Waals surface area (Å²) < 4.78 is 0. The third-order valence-corrected chi connectivity index (χ3v) is 4.16. The van der Waals surface area contributed by atoms with Crippen LogP contribution in [0.5, 0.6) is 0 Å². The van der Waals surface area contributed by atoms with Crippen LogP contribution in [-0.2, 0) is 0 Å². The predicted molar refractivity (Wildman–Crippen MR) is 58.9 cm³/mol. The van der Waals surface area contributed by atoms with E-state index in [0.29, 0.717) is 6.54 Å². The summed E-state index contributed by atoms with van der Waals surface area (Å²) in [6.45, 7) is 2.72. The molecule has 0 radical (unpaired) electrons. The van der Waals surface area contributed by atoms with Gasteiger partial charge in [-0.1, -0.05) is 19.8 Å². The average Bonchev–Trinajstić information content (AvgIpc) is 2.14. The van der Waals surface area contributed by atoms with E-state index in [0.717, 1.165) is 16.9 Å². The first-order valence-electron chi connectivity index (χ1n) is 5.22. The third-order valence-electron chi connectivity index (χ3n) is 2.68. The molecule has 1 aliphatic rings. The van der Waals surface area contributed by atoms with Crippen molar-refractivity contribution < 1.29 is 5.11 Å². The Morgan fingerprint density at radius 2 is 2.31 bits per heavy atom. The monoisotopic (exact) mass is 203 g/mol. The molecular weight excluding hydrogens is 182 g/mol. The van der Waals surface area contributed by atoms with E-state index in [-0.39, 0.29) is 6.10 Å². The maximum Gasteiger partial charge on any atom is 0.0752 e. The maximum absolute atomic E-state index is 9.31. The average molecular weight is 203 g/mol. The van der Waals surface area contributed by atoms with Gasteiger partial charge >= 0.3 is 0 Å². The van der Waals surface area contributed by atoms with Crippen LogP contribution in [0.4, 0.5) is 0 Å². The predicted octanol–water partition coefficient (Wildman–Crippen LogP) is 1.62. The second-order valence-corrected chi connectivity index (χ2v) is 5.45. The van der Waals surface area contributed by atoms with Gasteiger partial charge in [-0.15, -0.1) is 0 Å². The van der Waals surface area contributed by atoms with Crippen molar-refractivity contribution in [1.29, 1.82) is 0 Å². The second kappa shape index (κ2) is 5.89. The van der Waals surface area contributed by atoms with Crippen LogP contribution >= 0.6 is 11.8 Å². The fourth-order valence-electron chi connectivity index (χ4n) is 1.85. The molecule has 1 saturated carbocycles. The molecule has 0 bridgehead atoms. The zero-order valence-corrected chi connectivity index (χ0v) is 9.22. The minimum atomic E-state index is -0.303. The van der Waals surface area contributed by atoms with Crippen LogP contribution < -0.4 is 5.73 Å². The summed E-state index contributed by atoms with van der Waals surface area (Å²) in [5, 5.41) is 10.1. The van der Waals surface area contributed by atoms with Crippen molar-refractivity contribution in [3.63, 3.8) is 0 Å². The molecule has 1 aliphatic carbocycles. The Balaban J connectivity index is 2.13. The molecule has 0 aliphatic heterocycles. The molecule has 0 spiro atoms. The second-order valence-electron chi connectivity index (χ2n) is 4.12. The Morgan fingerprint density at radius 1 is 1.54 bits per heavy atom. The molecule has 3 N–H and O–H groups in total. The molecule has 13 heavy (non-hydrogen) atoms. The standard InChI is InChI=1S/C10H21NOS/c1-8-3-2-4-10(5-8)13-7-9(12)6-11/h8-10,12H,2-7,11H2,1H3. The summed E-state index contributed by atoms with van der Waals surface area (Å²) in [4.78, 5) is 0. The summed E-state index contributed by atoms with van der Waals surface area (Å²) in [6.07, 6.45) is 5.09. The molecule has 3 unspecified atom stereocenters. The number of aliphatic hydroxyl groups excluding tert-OH is 1. The molecule has 2 nitrogen and oxygen atoms in total. The Bertz CT molecular complexity index is 143. The van der Waals surface area contributed by atoms with Gasteiger partial charge in [-0.3, -0.25) is 0 Å². The number of hydrogen-bond acceptors (Lipinski definition) is 3. The highest BCUT2D eigenvalue weighted by Crippen LogP contribution is 2.31. The number of nitrogens with two attached hydrogens (primary N) is 1. The minimum absolute atomic E-state index is 0.303. The Morgan fingerprint density at radius 3 is 2.92 bits per heavy atom. The van der Waals surface area contributed by atoms with Gasteiger partial charge in [0.05, 0.1) is 6.10 Å². The first kappa shape index (κ1) is 11.3. The van der Waals surface area contributed by atoms with E-state index < -0.39 is 0 Å². The molecule has 3 atom stereocenters. The van der Waals surface area contributed by atoms with Crippen molar-refractivity contribution in [1.82, 2.24) is 0 Å². The van der Waals surface area contributed by atoms with Gasteiger partial charge in [0.15, 0.2) is 0 Å². The van der Waals surface area contributed by atoms with Crippen molar-refractivity contribution in [2.24, 2.45) is 11.7 Å². The van der Waals surface area contributed by atoms with E-state index >= 15 is 0 Å². The van der Waals surface area contributed by atoms with Crippen LogP contribution in [0.15, 0.2) is 0 Å². The van der Waals surface area contributed by atoms with Crippen LogP contribution in [0.2, 0.25) is 0 Å². The van der Waals surface area contributed by atoms with Gasteiger partial charge in [0.25, 0.3) is 0 Å². The van der Waals surface area contributed by atoms with Gasteiger partial charge < -0.3 is 10.8 Å². The van der Waals surface area contributed by atoms with E-state index in [4.69, 9.17) is 5.73 Å². The lowest BCUT2D eigenvalue weighted by atomic mass is 9.91. The van der Waals surface area contributed by atoms with Crippen LogP contribution in [0, 0.1) is 5.92 Å². The molecule has 1 rings (SSSR count). The number of thioether (sulfide) groups is 1. The number of rotatable bonds is 4. The van der Waals surface area contributed by atoms with Crippen molar-refractivity contribution in [2.75, 3.05) is 12.3 Å².